The summed E-state index contributed by atoms with van der Waals surface area (Å²) in [5.41, 5.74) is 16.9. The van der Waals surface area contributed by atoms with Crippen molar-refractivity contribution in [2.75, 3.05) is 13.2 Å². The molecule has 0 aliphatic heterocycles. The van der Waals surface area contributed by atoms with Crippen molar-refractivity contribution in [3.05, 3.63) is 29.8 Å². The number of phenols is 1. The summed E-state index contributed by atoms with van der Waals surface area (Å²) in [4.78, 5) is 114. The van der Waals surface area contributed by atoms with Crippen LogP contribution in [0.5, 0.6) is 5.75 Å². The maximum absolute atomic E-state index is 13.9. The molecule has 18 N–H and O–H groups in total. The van der Waals surface area contributed by atoms with E-state index in [1.807, 2.05) is 5.32 Å². The summed E-state index contributed by atoms with van der Waals surface area (Å²) >= 11 is 0. The first kappa shape index (κ1) is 51.1. The summed E-state index contributed by atoms with van der Waals surface area (Å²) in [6, 6.07) is -6.26. The Morgan fingerprint density at radius 3 is 1.56 bits per heavy atom. The Morgan fingerprint density at radius 2 is 1.10 bits per heavy atom. The van der Waals surface area contributed by atoms with E-state index in [0.29, 0.717) is 12.0 Å². The molecule has 0 saturated carbocycles. The van der Waals surface area contributed by atoms with Crippen molar-refractivity contribution in [2.45, 2.75) is 113 Å². The van der Waals surface area contributed by atoms with Gasteiger partial charge in [0, 0.05) is 12.8 Å². The monoisotopic (exact) mass is 841 g/mol. The fraction of sp³-hybridized carbons (Fsp3) is 0.571. The Morgan fingerprint density at radius 1 is 0.644 bits per heavy atom. The van der Waals surface area contributed by atoms with Crippen LogP contribution in [0.15, 0.2) is 24.3 Å². The van der Waals surface area contributed by atoms with Crippen LogP contribution in [-0.4, -0.2) is 152 Å². The molecule has 59 heavy (non-hydrogen) atoms. The van der Waals surface area contributed by atoms with Crippen molar-refractivity contribution in [2.24, 2.45) is 17.2 Å². The smallest absolute Gasteiger partial charge is 0.328 e. The molecule has 330 valence electrons. The molecule has 1 rings (SSSR count). The second-order valence-electron chi connectivity index (χ2n) is 13.6. The molecule has 0 fully saturated rings. The van der Waals surface area contributed by atoms with Gasteiger partial charge in [0.25, 0.3) is 0 Å². The zero-order chi connectivity index (χ0) is 45.0. The number of amides is 7. The molecule has 0 saturated heterocycles. The number of hydrogen-bond donors (Lipinski definition) is 15. The van der Waals surface area contributed by atoms with Crippen LogP contribution in [-0.2, 0) is 49.6 Å². The zero-order valence-corrected chi connectivity index (χ0v) is 32.5. The van der Waals surface area contributed by atoms with Crippen molar-refractivity contribution >= 4 is 53.3 Å². The van der Waals surface area contributed by atoms with Crippen molar-refractivity contribution in [1.82, 2.24) is 31.9 Å². The second kappa shape index (κ2) is 25.4. The fourth-order valence-electron chi connectivity index (χ4n) is 5.25. The standard InChI is InChI=1S/C35H55N9O15/c1-16(46)27(43-29(52)20(37)14-26(50)51)33(56)41-23(13-18-6-8-19(48)9-7-18)32(55)39-21(5-3-4-12-36)30(53)40-22(10-11-25(38)49)31(54)44-28(17(2)47)34(57)42-24(15-45)35(58)59/h6-9,16-17,20-24,27-28,45-48H,3-5,10-15,36-37H2,1-2H3,(H2,38,49)(H,39,55)(H,40,53)(H,41,56)(H,42,57)(H,43,52)(H,44,54)(H,50,51)(H,58,59)/t16-,17-,20+,21+,22+,23+,24+,27+,28+/m1/s1. The summed E-state index contributed by atoms with van der Waals surface area (Å²) in [6.07, 6.45) is -4.81. The number of aromatic hydroxyl groups is 1. The fourth-order valence-corrected chi connectivity index (χ4v) is 5.25. The lowest BCUT2D eigenvalue weighted by Crippen LogP contribution is -2.62. The van der Waals surface area contributed by atoms with E-state index in [4.69, 9.17) is 22.3 Å². The highest BCUT2D eigenvalue weighted by Crippen LogP contribution is 2.13. The van der Waals surface area contributed by atoms with Gasteiger partial charge in [-0.25, -0.2) is 4.79 Å². The van der Waals surface area contributed by atoms with E-state index in [0.717, 1.165) is 13.8 Å². The Labute approximate surface area is 338 Å². The van der Waals surface area contributed by atoms with Crippen LogP contribution in [0.4, 0.5) is 0 Å². The van der Waals surface area contributed by atoms with Gasteiger partial charge < -0.3 is 79.7 Å². The number of aliphatic hydroxyl groups excluding tert-OH is 3. The summed E-state index contributed by atoms with van der Waals surface area (Å²) in [7, 11) is 0. The normalized spacial score (nSPS) is 15.6. The molecule has 0 bridgehead atoms. The maximum atomic E-state index is 13.9. The third-order valence-electron chi connectivity index (χ3n) is 8.56. The van der Waals surface area contributed by atoms with Crippen LogP contribution in [0, 0.1) is 0 Å². The van der Waals surface area contributed by atoms with E-state index in [1.54, 1.807) is 0 Å². The summed E-state index contributed by atoms with van der Waals surface area (Å²) in [5, 5.41) is 71.3. The van der Waals surface area contributed by atoms with E-state index in [2.05, 4.69) is 26.6 Å². The lowest BCUT2D eigenvalue weighted by atomic mass is 10.0. The van der Waals surface area contributed by atoms with Gasteiger partial charge in [0.15, 0.2) is 0 Å². The van der Waals surface area contributed by atoms with Crippen molar-refractivity contribution in [3.8, 4) is 5.75 Å². The van der Waals surface area contributed by atoms with Gasteiger partial charge in [0.05, 0.1) is 31.3 Å². The van der Waals surface area contributed by atoms with E-state index in [9.17, 15) is 68.7 Å². The van der Waals surface area contributed by atoms with E-state index in [-0.39, 0.29) is 31.6 Å². The first-order valence-corrected chi connectivity index (χ1v) is 18.4. The predicted molar refractivity (Wildman–Crippen MR) is 203 cm³/mol. The molecule has 24 heteroatoms. The highest BCUT2D eigenvalue weighted by Gasteiger charge is 2.36. The van der Waals surface area contributed by atoms with Crippen LogP contribution < -0.4 is 49.1 Å². The number of aliphatic carboxylic acids is 2. The predicted octanol–water partition coefficient (Wildman–Crippen LogP) is -6.12. The third kappa shape index (κ3) is 18.5. The number of hydrogen-bond acceptors (Lipinski definition) is 15. The highest BCUT2D eigenvalue weighted by atomic mass is 16.4. The number of nitrogens with one attached hydrogen (secondary N) is 6. The van der Waals surface area contributed by atoms with E-state index >= 15 is 0 Å². The molecule has 9 atom stereocenters. The van der Waals surface area contributed by atoms with E-state index < -0.39 is 134 Å². The molecule has 0 spiro atoms. The van der Waals surface area contributed by atoms with Crippen LogP contribution in [0.2, 0.25) is 0 Å². The third-order valence-corrected chi connectivity index (χ3v) is 8.56. The molecule has 0 heterocycles. The van der Waals surface area contributed by atoms with Crippen LogP contribution >= 0.6 is 0 Å². The largest absolute Gasteiger partial charge is 0.508 e. The average molecular weight is 842 g/mol. The first-order valence-electron chi connectivity index (χ1n) is 18.4. The Bertz CT molecular complexity index is 1630. The minimum absolute atomic E-state index is 0.108. The molecule has 0 aliphatic rings. The van der Waals surface area contributed by atoms with Crippen LogP contribution in [0.25, 0.3) is 0 Å². The Hall–Kier alpha value is -5.95. The van der Waals surface area contributed by atoms with Gasteiger partial charge in [-0.1, -0.05) is 12.1 Å². The summed E-state index contributed by atoms with van der Waals surface area (Å²) in [6.45, 7) is 1.35. The number of aliphatic hydroxyl groups is 3. The maximum Gasteiger partial charge on any atom is 0.328 e. The van der Waals surface area contributed by atoms with Gasteiger partial charge in [-0.05, 0) is 63.8 Å². The zero-order valence-electron chi connectivity index (χ0n) is 32.5. The average Bonchev–Trinajstić information content (AvgIpc) is 3.15. The number of nitrogens with two attached hydrogens (primary N) is 3. The summed E-state index contributed by atoms with van der Waals surface area (Å²) < 4.78 is 0. The molecule has 0 radical (unpaired) electrons. The number of carboxylic acids is 2. The molecule has 7 amide bonds. The number of unbranched alkanes of at least 4 members (excludes halogenated alkanes) is 1. The first-order chi connectivity index (χ1) is 27.6. The number of carbonyl (C=O) groups excluding carboxylic acids is 7. The van der Waals surface area contributed by atoms with Gasteiger partial charge >= 0.3 is 11.9 Å². The van der Waals surface area contributed by atoms with Crippen LogP contribution in [0.3, 0.4) is 0 Å². The number of carbonyl (C=O) groups is 9. The number of phenolic OH excluding ortho intramolecular Hbond substituents is 1. The van der Waals surface area contributed by atoms with E-state index in [1.165, 1.54) is 24.3 Å². The Balaban J connectivity index is 3.48. The lowest BCUT2D eigenvalue weighted by molar-refractivity contribution is -0.144. The summed E-state index contributed by atoms with van der Waals surface area (Å²) in [5.74, 6) is -10.7. The lowest BCUT2D eigenvalue weighted by Gasteiger charge is -2.28. The van der Waals surface area contributed by atoms with Crippen molar-refractivity contribution in [1.29, 1.82) is 0 Å². The topological polar surface area (TPSA) is 425 Å². The van der Waals surface area contributed by atoms with Crippen LogP contribution in [0.1, 0.15) is 57.9 Å². The molecule has 0 aromatic heterocycles. The molecular weight excluding hydrogens is 786 g/mol. The quantitative estimate of drug-likeness (QED) is 0.0367. The number of carboxylic acid groups (broad SMARTS) is 2. The van der Waals surface area contributed by atoms with Gasteiger partial charge in [0.1, 0.15) is 42.0 Å². The van der Waals surface area contributed by atoms with Crippen molar-refractivity contribution < 1.29 is 73.8 Å². The van der Waals surface area contributed by atoms with Crippen molar-refractivity contribution in [3.63, 3.8) is 0 Å². The molecule has 0 aliphatic carbocycles. The second-order valence-corrected chi connectivity index (χ2v) is 13.6. The van der Waals surface area contributed by atoms with Gasteiger partial charge in [-0.2, -0.15) is 0 Å². The SMILES string of the molecule is C[C@@H](O)[C@H](NC(=O)[C@H](CCC(N)=O)NC(=O)[C@H](CCCCN)NC(=O)[C@H](Cc1ccc(O)cc1)NC(=O)[C@@H](NC(=O)[C@@H](N)CC(=O)O)[C@@H](C)O)C(=O)N[C@@H](CO)C(=O)O. The molecule has 0 unspecified atom stereocenters. The molecule has 1 aromatic carbocycles. The number of benzene rings is 1. The molecular formula is C35H55N9O15. The van der Waals surface area contributed by atoms with Gasteiger partial charge in [-0.3, -0.25) is 38.4 Å². The number of primary amides is 1. The molecule has 24 nitrogen and oxygen atoms in total. The minimum atomic E-state index is -1.82. The Kier molecular flexibility index (Phi) is 22.0. The van der Waals surface area contributed by atoms with Gasteiger partial charge in [-0.15, -0.1) is 0 Å². The van der Waals surface area contributed by atoms with Gasteiger partial charge in [0.2, 0.25) is 41.4 Å². The highest BCUT2D eigenvalue weighted by molar-refractivity contribution is 5.97. The molecule has 1 aromatic rings. The number of rotatable bonds is 27. The minimum Gasteiger partial charge on any atom is -0.508 e.